The Morgan fingerprint density at radius 3 is 2.22 bits per heavy atom. The van der Waals surface area contributed by atoms with E-state index in [1.165, 1.54) is 10.5 Å². The maximum atomic E-state index is 13.1. The van der Waals surface area contributed by atoms with Crippen molar-refractivity contribution >= 4 is 23.1 Å². The molecule has 1 aliphatic heterocycles. The molecule has 2 aromatic carbocycles. The molecule has 3 rings (SSSR count). The normalized spacial score (nSPS) is 14.3. The zero-order valence-corrected chi connectivity index (χ0v) is 16.6. The van der Waals surface area contributed by atoms with E-state index >= 15 is 0 Å². The summed E-state index contributed by atoms with van der Waals surface area (Å²) in [6, 6.07) is 11.9. The fourth-order valence-electron chi connectivity index (χ4n) is 3.43. The topological polar surface area (TPSA) is 49.4 Å². The van der Waals surface area contributed by atoms with Crippen LogP contribution in [0.3, 0.4) is 0 Å². The minimum atomic E-state index is -0.255. The summed E-state index contributed by atoms with van der Waals surface area (Å²) in [6.45, 7) is 10.5. The molecule has 1 aliphatic rings. The summed E-state index contributed by atoms with van der Waals surface area (Å²) >= 11 is 0. The summed E-state index contributed by atoms with van der Waals surface area (Å²) in [5, 5.41) is 3.24. The van der Waals surface area contributed by atoms with Crippen LogP contribution in [0.4, 0.5) is 5.69 Å². The zero-order chi connectivity index (χ0) is 19.7. The van der Waals surface area contributed by atoms with Crippen molar-refractivity contribution in [3.05, 3.63) is 69.9 Å². The van der Waals surface area contributed by atoms with E-state index < -0.39 is 0 Å². The number of hydrogen-bond acceptors (Lipinski definition) is 3. The molecule has 1 heterocycles. The van der Waals surface area contributed by atoms with Gasteiger partial charge < -0.3 is 5.32 Å². The van der Waals surface area contributed by atoms with E-state index in [2.05, 4.69) is 5.32 Å². The molecular weight excluding hydrogens is 336 g/mol. The van der Waals surface area contributed by atoms with Gasteiger partial charge in [0.15, 0.2) is 0 Å². The highest BCUT2D eigenvalue weighted by atomic mass is 16.2. The van der Waals surface area contributed by atoms with Crippen LogP contribution in [0.15, 0.2) is 42.1 Å². The number of aryl methyl sites for hydroxylation is 4. The van der Waals surface area contributed by atoms with Gasteiger partial charge in [0.1, 0.15) is 5.70 Å². The predicted octanol–water partition coefficient (Wildman–Crippen LogP) is 4.52. The maximum Gasteiger partial charge on any atom is 0.278 e. The van der Waals surface area contributed by atoms with E-state index in [0.717, 1.165) is 34.4 Å². The highest BCUT2D eigenvalue weighted by molar-refractivity contribution is 6.36. The summed E-state index contributed by atoms with van der Waals surface area (Å²) in [4.78, 5) is 27.4. The zero-order valence-electron chi connectivity index (χ0n) is 16.6. The van der Waals surface area contributed by atoms with Crippen molar-refractivity contribution in [3.63, 3.8) is 0 Å². The largest absolute Gasteiger partial charge is 0.350 e. The van der Waals surface area contributed by atoms with Gasteiger partial charge in [0.05, 0.1) is 5.57 Å². The van der Waals surface area contributed by atoms with Crippen LogP contribution >= 0.6 is 0 Å². The Morgan fingerprint density at radius 1 is 0.852 bits per heavy atom. The van der Waals surface area contributed by atoms with Crippen LogP contribution < -0.4 is 5.32 Å². The van der Waals surface area contributed by atoms with Crippen molar-refractivity contribution in [1.29, 1.82) is 0 Å². The van der Waals surface area contributed by atoms with Crippen molar-refractivity contribution in [1.82, 2.24) is 4.90 Å². The van der Waals surface area contributed by atoms with E-state index in [1.807, 2.05) is 71.0 Å². The van der Waals surface area contributed by atoms with Crippen LogP contribution in [0.5, 0.6) is 0 Å². The lowest BCUT2D eigenvalue weighted by atomic mass is 9.97. The van der Waals surface area contributed by atoms with Gasteiger partial charge in [0.2, 0.25) is 0 Å². The number of nitrogens with one attached hydrogen (secondary N) is 1. The number of imide groups is 1. The van der Waals surface area contributed by atoms with E-state index in [9.17, 15) is 9.59 Å². The number of carbonyl (C=O) groups excluding carboxylic acids is 2. The van der Waals surface area contributed by atoms with Gasteiger partial charge in [-0.3, -0.25) is 14.5 Å². The first-order chi connectivity index (χ1) is 12.8. The van der Waals surface area contributed by atoms with Crippen molar-refractivity contribution < 1.29 is 9.59 Å². The molecular formula is C23H26N2O2. The van der Waals surface area contributed by atoms with Crippen LogP contribution in [0.25, 0.3) is 5.57 Å². The van der Waals surface area contributed by atoms with Gasteiger partial charge in [-0.1, -0.05) is 36.8 Å². The SMILES string of the molecule is CCCN1C(=O)C(Nc2ccc(C)c(C)c2)=C(c2ccc(C)cc2C)C1=O. The molecule has 2 aromatic rings. The van der Waals surface area contributed by atoms with E-state index in [4.69, 9.17) is 0 Å². The summed E-state index contributed by atoms with van der Waals surface area (Å²) in [5.74, 6) is -0.477. The molecule has 4 heteroatoms. The highest BCUT2D eigenvalue weighted by Gasteiger charge is 2.39. The molecule has 2 amide bonds. The third-order valence-electron chi connectivity index (χ3n) is 5.04. The second kappa shape index (κ2) is 7.39. The second-order valence-corrected chi connectivity index (χ2v) is 7.25. The first kappa shape index (κ1) is 18.9. The molecule has 0 aromatic heterocycles. The molecule has 0 atom stereocenters. The van der Waals surface area contributed by atoms with Gasteiger partial charge in [0, 0.05) is 12.2 Å². The van der Waals surface area contributed by atoms with Gasteiger partial charge in [0.25, 0.3) is 11.8 Å². The molecule has 4 nitrogen and oxygen atoms in total. The van der Waals surface area contributed by atoms with E-state index in [1.54, 1.807) is 0 Å². The average molecular weight is 362 g/mol. The maximum absolute atomic E-state index is 13.1. The molecule has 0 fully saturated rings. The van der Waals surface area contributed by atoms with Gasteiger partial charge in [-0.15, -0.1) is 0 Å². The molecule has 0 bridgehead atoms. The molecule has 1 N–H and O–H groups in total. The molecule has 0 radical (unpaired) electrons. The Bertz CT molecular complexity index is 957. The van der Waals surface area contributed by atoms with Crippen LogP contribution in [0.1, 0.15) is 41.2 Å². The van der Waals surface area contributed by atoms with Crippen LogP contribution in [0, 0.1) is 27.7 Å². The Kier molecular flexibility index (Phi) is 5.17. The molecule has 0 spiro atoms. The summed E-state index contributed by atoms with van der Waals surface area (Å²) in [7, 11) is 0. The Balaban J connectivity index is 2.12. The molecule has 27 heavy (non-hydrogen) atoms. The lowest BCUT2D eigenvalue weighted by Crippen LogP contribution is -2.33. The third kappa shape index (κ3) is 3.52. The van der Waals surface area contributed by atoms with Gasteiger partial charge in [-0.25, -0.2) is 0 Å². The fraction of sp³-hybridized carbons (Fsp3) is 0.304. The Hall–Kier alpha value is -2.88. The standard InChI is InChI=1S/C23H26N2O2/c1-6-11-25-22(26)20(19-10-7-14(2)12-17(19)5)21(23(25)27)24-18-9-8-15(3)16(4)13-18/h7-10,12-13,24H,6,11H2,1-5H3. The number of anilines is 1. The van der Waals surface area contributed by atoms with Crippen molar-refractivity contribution in [3.8, 4) is 0 Å². The lowest BCUT2D eigenvalue weighted by molar-refractivity contribution is -0.136. The van der Waals surface area contributed by atoms with Crippen molar-refractivity contribution in [2.45, 2.75) is 41.0 Å². The molecule has 140 valence electrons. The number of rotatable bonds is 5. The van der Waals surface area contributed by atoms with Crippen molar-refractivity contribution in [2.75, 3.05) is 11.9 Å². The summed E-state index contributed by atoms with van der Waals surface area (Å²) < 4.78 is 0. The van der Waals surface area contributed by atoms with Gasteiger partial charge >= 0.3 is 0 Å². The molecule has 0 aliphatic carbocycles. The highest BCUT2D eigenvalue weighted by Crippen LogP contribution is 2.32. The predicted molar refractivity (Wildman–Crippen MR) is 109 cm³/mol. The summed E-state index contributed by atoms with van der Waals surface area (Å²) in [5.41, 5.74) is 6.89. The molecule has 0 saturated heterocycles. The smallest absolute Gasteiger partial charge is 0.278 e. The molecule has 0 saturated carbocycles. The number of carbonyl (C=O) groups is 2. The second-order valence-electron chi connectivity index (χ2n) is 7.25. The van der Waals surface area contributed by atoms with Crippen LogP contribution in [-0.4, -0.2) is 23.3 Å². The molecule has 0 unspecified atom stereocenters. The number of hydrogen-bond donors (Lipinski definition) is 1. The van der Waals surface area contributed by atoms with Crippen molar-refractivity contribution in [2.24, 2.45) is 0 Å². The minimum absolute atomic E-state index is 0.222. The average Bonchev–Trinajstić information content (AvgIpc) is 2.83. The minimum Gasteiger partial charge on any atom is -0.350 e. The Morgan fingerprint density at radius 2 is 1.59 bits per heavy atom. The Labute approximate surface area is 160 Å². The van der Waals surface area contributed by atoms with E-state index in [-0.39, 0.29) is 11.8 Å². The van der Waals surface area contributed by atoms with Crippen LogP contribution in [0.2, 0.25) is 0 Å². The van der Waals surface area contributed by atoms with E-state index in [0.29, 0.717) is 17.8 Å². The number of amides is 2. The lowest BCUT2D eigenvalue weighted by Gasteiger charge is -2.14. The quantitative estimate of drug-likeness (QED) is 0.796. The number of benzene rings is 2. The third-order valence-corrected chi connectivity index (χ3v) is 5.04. The van der Waals surface area contributed by atoms with Gasteiger partial charge in [-0.05, 0) is 68.5 Å². The monoisotopic (exact) mass is 362 g/mol. The fourth-order valence-corrected chi connectivity index (χ4v) is 3.43. The number of nitrogens with zero attached hydrogens (tertiary/aromatic N) is 1. The van der Waals surface area contributed by atoms with Gasteiger partial charge in [-0.2, -0.15) is 0 Å². The first-order valence-electron chi connectivity index (χ1n) is 9.35. The summed E-state index contributed by atoms with van der Waals surface area (Å²) in [6.07, 6.45) is 0.731. The first-order valence-corrected chi connectivity index (χ1v) is 9.35. The van der Waals surface area contributed by atoms with Crippen LogP contribution in [-0.2, 0) is 9.59 Å².